The molecular formula is C45H47NO10S. The highest BCUT2D eigenvalue weighted by atomic mass is 32.1. The Morgan fingerprint density at radius 2 is 1.04 bits per heavy atom. The molecule has 0 bridgehead atoms. The molecule has 6 rings (SSSR count). The average Bonchev–Trinajstić information content (AvgIpc) is 3.14. The van der Waals surface area contributed by atoms with Crippen LogP contribution < -0.4 is 10.5 Å². The van der Waals surface area contributed by atoms with Crippen LogP contribution in [0.3, 0.4) is 0 Å². The minimum atomic E-state index is -0.661. The highest BCUT2D eigenvalue weighted by Gasteiger charge is 2.29. The Morgan fingerprint density at radius 3 is 1.39 bits per heavy atom. The van der Waals surface area contributed by atoms with Gasteiger partial charge < -0.3 is 46.2 Å². The van der Waals surface area contributed by atoms with E-state index in [2.05, 4.69) is 12.2 Å². The quantitative estimate of drug-likeness (QED) is 0.0411. The molecule has 9 N–H and O–H groups in total. The fraction of sp³-hybridized carbons (Fsp3) is 0.222. The third-order valence-corrected chi connectivity index (χ3v) is 9.31. The highest BCUT2D eigenvalue weighted by Crippen LogP contribution is 2.54. The number of hydrogen-bond acceptors (Lipinski definition) is 11. The monoisotopic (exact) mass is 793 g/mol. The molecule has 11 nitrogen and oxygen atoms in total. The van der Waals surface area contributed by atoms with Gasteiger partial charge in [0.2, 0.25) is 0 Å². The van der Waals surface area contributed by atoms with Crippen LogP contribution >= 0.6 is 12.2 Å². The van der Waals surface area contributed by atoms with Crippen LogP contribution in [0.2, 0.25) is 0 Å². The minimum Gasteiger partial charge on any atom is -0.508 e. The van der Waals surface area contributed by atoms with Crippen molar-refractivity contribution >= 4 is 51.3 Å². The van der Waals surface area contributed by atoms with Crippen molar-refractivity contribution in [2.75, 3.05) is 0 Å². The van der Waals surface area contributed by atoms with Gasteiger partial charge >= 0.3 is 0 Å². The van der Waals surface area contributed by atoms with Crippen LogP contribution in [-0.2, 0) is 6.61 Å². The maximum Gasteiger partial charge on any atom is 0.169 e. The molecule has 0 heterocycles. The van der Waals surface area contributed by atoms with E-state index in [0.717, 1.165) is 11.3 Å². The molecule has 0 spiro atoms. The van der Waals surface area contributed by atoms with Crippen LogP contribution in [-0.4, -0.2) is 53.3 Å². The van der Waals surface area contributed by atoms with E-state index in [1.807, 2.05) is 30.3 Å². The van der Waals surface area contributed by atoms with Crippen molar-refractivity contribution in [2.45, 2.75) is 66.9 Å². The number of aldehydes is 2. The number of hydrogen-bond donors (Lipinski definition) is 8. The number of carbonyl (C=O) groups excluding carboxylic acids is 2. The number of nitrogens with two attached hydrogens (primary N) is 1. The van der Waals surface area contributed by atoms with Gasteiger partial charge in [0, 0.05) is 33.0 Å². The number of benzene rings is 6. The molecule has 0 aromatic heterocycles. The van der Waals surface area contributed by atoms with Crippen LogP contribution in [0, 0.1) is 13.8 Å². The van der Waals surface area contributed by atoms with Crippen molar-refractivity contribution in [3.05, 3.63) is 106 Å². The first-order chi connectivity index (χ1) is 26.9. The predicted octanol–water partition coefficient (Wildman–Crippen LogP) is 9.65. The van der Waals surface area contributed by atoms with Gasteiger partial charge in [0.05, 0.1) is 16.1 Å². The largest absolute Gasteiger partial charge is 0.508 e. The molecular weight excluding hydrogens is 747 g/mol. The molecule has 0 aliphatic rings. The zero-order valence-corrected chi connectivity index (χ0v) is 33.5. The topological polar surface area (TPSA) is 211 Å². The predicted molar refractivity (Wildman–Crippen MR) is 227 cm³/mol. The Labute approximate surface area is 335 Å². The van der Waals surface area contributed by atoms with Gasteiger partial charge in [0.15, 0.2) is 35.6 Å². The number of phenolic OH excluding ortho intramolecular Hbond substituents is 7. The molecule has 0 fully saturated rings. The number of thiocarbonyl (C=S) groups is 1. The second kappa shape index (κ2) is 17.9. The second-order valence-corrected chi connectivity index (χ2v) is 14.8. The molecule has 6 aromatic carbocycles. The summed E-state index contributed by atoms with van der Waals surface area (Å²) in [5.41, 5.74) is 7.30. The number of rotatable bonds is 8. The fourth-order valence-corrected chi connectivity index (χ4v) is 6.89. The van der Waals surface area contributed by atoms with Gasteiger partial charge in [-0.25, -0.2) is 0 Å². The van der Waals surface area contributed by atoms with Crippen molar-refractivity contribution in [3.63, 3.8) is 0 Å². The number of ether oxygens (including phenoxy) is 1. The molecule has 0 unspecified atom stereocenters. The summed E-state index contributed by atoms with van der Waals surface area (Å²) in [6.07, 6.45) is 0.682. The lowest BCUT2D eigenvalue weighted by atomic mass is 9.83. The molecule has 6 aromatic rings. The first-order valence-corrected chi connectivity index (χ1v) is 18.4. The molecule has 0 amide bonds. The molecule has 12 heteroatoms. The standard InChI is InChI=1S/C30H30O8.C13H12O2.C2H5NS/c1-11(2)19-15-7-13(5)21(27(35)23(15)17(9-31)25(33)29(19)37)22-14(6)8-16-20(12(3)4)30(38)26(34)18(10-32)24(16)28(22)36;14-12-6-8-13(9-7-12)15-10-11-4-2-1-3-5-11;1-2(3)4/h7-12,33-38H,1-6H3;1-9,14H,10H2;1H3,(H2,3,4). The van der Waals surface area contributed by atoms with E-state index in [4.69, 9.17) is 15.6 Å². The van der Waals surface area contributed by atoms with Gasteiger partial charge in [-0.15, -0.1) is 0 Å². The third kappa shape index (κ3) is 8.81. The summed E-state index contributed by atoms with van der Waals surface area (Å²) in [5.74, 6) is -2.56. The number of phenols is 7. The average molecular weight is 794 g/mol. The summed E-state index contributed by atoms with van der Waals surface area (Å²) >= 11 is 4.31. The molecule has 0 saturated carbocycles. The van der Waals surface area contributed by atoms with E-state index in [0.29, 0.717) is 57.2 Å². The Bertz CT molecular complexity index is 2350. The number of aryl methyl sites for hydroxylation is 2. The minimum absolute atomic E-state index is 0.00512. The first-order valence-electron chi connectivity index (χ1n) is 18.0. The van der Waals surface area contributed by atoms with Crippen LogP contribution in [0.5, 0.6) is 46.0 Å². The lowest BCUT2D eigenvalue weighted by Crippen LogP contribution is -2.01. The SMILES string of the molecule is CC(N)=S.Cc1cc2c(C(C)C)c(O)c(O)c(C=O)c2c(O)c1-c1c(C)cc2c(C(C)C)c(O)c(O)c(C=O)c2c1O.Oc1ccc(OCc2ccccc2)cc1. The highest BCUT2D eigenvalue weighted by molar-refractivity contribution is 7.80. The number of carbonyl (C=O) groups is 2. The third-order valence-electron chi connectivity index (χ3n) is 9.31. The summed E-state index contributed by atoms with van der Waals surface area (Å²) in [6, 6.07) is 20.0. The number of fused-ring (bicyclic) bond motifs is 2. The summed E-state index contributed by atoms with van der Waals surface area (Å²) in [7, 11) is 0. The van der Waals surface area contributed by atoms with Crippen LogP contribution in [0.1, 0.15) is 95.0 Å². The van der Waals surface area contributed by atoms with Gasteiger partial charge in [-0.05, 0) is 84.3 Å². The van der Waals surface area contributed by atoms with Crippen LogP contribution in [0.4, 0.5) is 0 Å². The smallest absolute Gasteiger partial charge is 0.169 e. The normalized spacial score (nSPS) is 10.8. The lowest BCUT2D eigenvalue weighted by molar-refractivity contribution is 0.111. The Balaban J connectivity index is 0.000000311. The van der Waals surface area contributed by atoms with E-state index < -0.39 is 34.5 Å². The van der Waals surface area contributed by atoms with Crippen LogP contribution in [0.15, 0.2) is 66.7 Å². The van der Waals surface area contributed by atoms with Crippen molar-refractivity contribution < 1.29 is 50.1 Å². The zero-order chi connectivity index (χ0) is 42.5. The maximum atomic E-state index is 12.0. The number of aromatic hydroxyl groups is 7. The summed E-state index contributed by atoms with van der Waals surface area (Å²) in [6.45, 7) is 12.8. The molecule has 0 aliphatic carbocycles. The maximum absolute atomic E-state index is 12.0. The van der Waals surface area contributed by atoms with E-state index in [9.17, 15) is 40.2 Å². The molecule has 57 heavy (non-hydrogen) atoms. The van der Waals surface area contributed by atoms with Gasteiger partial charge in [0.25, 0.3) is 0 Å². The Hall–Kier alpha value is -6.53. The van der Waals surface area contributed by atoms with E-state index in [1.165, 1.54) is 0 Å². The van der Waals surface area contributed by atoms with Gasteiger partial charge in [-0.2, -0.15) is 0 Å². The Morgan fingerprint density at radius 1 is 0.649 bits per heavy atom. The summed E-state index contributed by atoms with van der Waals surface area (Å²) < 4.78 is 5.54. The second-order valence-electron chi connectivity index (χ2n) is 14.2. The first kappa shape index (κ1) is 43.2. The zero-order valence-electron chi connectivity index (χ0n) is 32.7. The van der Waals surface area contributed by atoms with E-state index in [-0.39, 0.29) is 50.6 Å². The van der Waals surface area contributed by atoms with E-state index >= 15 is 0 Å². The van der Waals surface area contributed by atoms with Crippen molar-refractivity contribution in [1.29, 1.82) is 0 Å². The molecule has 0 aliphatic heterocycles. The lowest BCUT2D eigenvalue weighted by Gasteiger charge is -2.23. The van der Waals surface area contributed by atoms with Gasteiger partial charge in [-0.3, -0.25) is 9.59 Å². The summed E-state index contributed by atoms with van der Waals surface area (Å²) in [4.78, 5) is 24.5. The molecule has 298 valence electrons. The van der Waals surface area contributed by atoms with Crippen molar-refractivity contribution in [1.82, 2.24) is 0 Å². The fourth-order valence-electron chi connectivity index (χ4n) is 6.89. The van der Waals surface area contributed by atoms with Gasteiger partial charge in [-0.1, -0.05) is 82.4 Å². The van der Waals surface area contributed by atoms with E-state index in [1.54, 1.807) is 84.9 Å². The van der Waals surface area contributed by atoms with Crippen molar-refractivity contribution in [2.24, 2.45) is 5.73 Å². The molecule has 0 saturated heterocycles. The van der Waals surface area contributed by atoms with Crippen molar-refractivity contribution in [3.8, 4) is 57.1 Å². The molecule has 0 radical (unpaired) electrons. The van der Waals surface area contributed by atoms with Crippen LogP contribution in [0.25, 0.3) is 32.7 Å². The Kier molecular flexibility index (Phi) is 13.6. The van der Waals surface area contributed by atoms with Gasteiger partial charge in [0.1, 0.15) is 29.6 Å². The molecule has 0 atom stereocenters. The summed E-state index contributed by atoms with van der Waals surface area (Å²) in [5, 5.41) is 75.5.